The minimum absolute atomic E-state index is 0.0219. The molecule has 4 bridgehead atoms. The summed E-state index contributed by atoms with van der Waals surface area (Å²) in [5.74, 6) is 1.08. The second-order valence-electron chi connectivity index (χ2n) is 15.9. The van der Waals surface area contributed by atoms with Gasteiger partial charge in [-0.1, -0.05) is 12.1 Å². The molecule has 2 saturated heterocycles. The topological polar surface area (TPSA) is 174 Å². The summed E-state index contributed by atoms with van der Waals surface area (Å²) in [5, 5.41) is 0. The first-order valence-corrected chi connectivity index (χ1v) is 23.3. The molecule has 4 atom stereocenters. The second-order valence-corrected chi connectivity index (χ2v) is 19.8. The van der Waals surface area contributed by atoms with Crippen molar-refractivity contribution in [1.29, 1.82) is 0 Å². The average molecular weight is 865 g/mol. The first-order chi connectivity index (χ1) is 29.0. The highest BCUT2D eigenvalue weighted by molar-refractivity contribution is 7.89. The van der Waals surface area contributed by atoms with Gasteiger partial charge in [-0.3, -0.25) is 9.59 Å². The van der Waals surface area contributed by atoms with Gasteiger partial charge in [-0.15, -0.1) is 0 Å². The minimum atomic E-state index is -3.91. The molecular weight excluding hydrogens is 817 g/mol. The SMILES string of the molecule is O=c1cccc2n1C[C@H]1CC2CN(S(=O)(=O)c2ccc3c(c2)OCCOCCOc2cc(S(=O)(=O)N4CC5C[C@H](C4)c4cccc(=O)n4C5)ccc2OCCOCCO3)C1. The smallest absolute Gasteiger partial charge is 0.250 e. The highest BCUT2D eigenvalue weighted by Gasteiger charge is 2.41. The average Bonchev–Trinajstić information content (AvgIpc) is 3.24. The van der Waals surface area contributed by atoms with Crippen molar-refractivity contribution < 1.29 is 45.3 Å². The van der Waals surface area contributed by atoms with Crippen molar-refractivity contribution in [2.75, 3.05) is 79.0 Å². The quantitative estimate of drug-likeness (QED) is 0.294. The van der Waals surface area contributed by atoms with E-state index in [2.05, 4.69) is 0 Å². The van der Waals surface area contributed by atoms with Gasteiger partial charge in [-0.05, 0) is 61.1 Å². The number of hydrogen-bond acceptors (Lipinski definition) is 12. The van der Waals surface area contributed by atoms with Crippen LogP contribution in [0.5, 0.6) is 23.0 Å². The number of nitrogens with zero attached hydrogens (tertiary/aromatic N) is 4. The normalized spacial score (nSPS) is 24.3. The van der Waals surface area contributed by atoms with Crippen molar-refractivity contribution in [3.8, 4) is 23.0 Å². The number of rotatable bonds is 4. The van der Waals surface area contributed by atoms with Crippen molar-refractivity contribution in [2.45, 2.75) is 47.6 Å². The van der Waals surface area contributed by atoms with Crippen LogP contribution < -0.4 is 30.1 Å². The number of pyridine rings is 2. The molecule has 16 nitrogen and oxygen atoms in total. The number of piperidine rings is 2. The highest BCUT2D eigenvalue weighted by Crippen LogP contribution is 2.40. The van der Waals surface area contributed by atoms with Crippen LogP contribution in [-0.4, -0.2) is 114 Å². The van der Waals surface area contributed by atoms with Gasteiger partial charge in [-0.25, -0.2) is 16.8 Å². The van der Waals surface area contributed by atoms with E-state index < -0.39 is 20.0 Å². The predicted molar refractivity (Wildman–Crippen MR) is 217 cm³/mol. The highest BCUT2D eigenvalue weighted by atomic mass is 32.2. The van der Waals surface area contributed by atoms with E-state index in [1.54, 1.807) is 45.5 Å². The fourth-order valence-electron chi connectivity index (χ4n) is 9.20. The maximum absolute atomic E-state index is 14.1. The van der Waals surface area contributed by atoms with Crippen LogP contribution >= 0.6 is 0 Å². The van der Waals surface area contributed by atoms with Crippen molar-refractivity contribution >= 4 is 20.0 Å². The molecule has 7 heterocycles. The van der Waals surface area contributed by atoms with Crippen LogP contribution in [0.25, 0.3) is 0 Å². The van der Waals surface area contributed by atoms with Crippen LogP contribution in [-0.2, 0) is 42.6 Å². The molecule has 5 aliphatic rings. The molecule has 0 aliphatic carbocycles. The van der Waals surface area contributed by atoms with Crippen LogP contribution in [0.1, 0.15) is 36.1 Å². The molecule has 0 radical (unpaired) electrons. The standard InChI is InChI=1S/C42H48N4O12S2/c47-41-5-1-3-35-31-19-29(25-45(35)41)23-43(27-31)59(49,50)33-7-9-37-39(21-33)57-17-13-54-14-18-58-40-22-34(8-10-38(40)56-16-12-53-11-15-55-37)60(51,52)44-24-30-20-32(28-44)36-4-2-6-42(48)46(36)26-30/h1-10,21-22,29-32H,11-20,23-28H2/t29-,30?,31?,32+/m0/s1. The molecule has 2 unspecified atom stereocenters. The number of fused-ring (bicyclic) bond motifs is 10. The maximum Gasteiger partial charge on any atom is 0.250 e. The molecule has 0 saturated carbocycles. The molecule has 2 aromatic heterocycles. The second kappa shape index (κ2) is 17.0. The monoisotopic (exact) mass is 864 g/mol. The summed E-state index contributed by atoms with van der Waals surface area (Å²) >= 11 is 0. The van der Waals surface area contributed by atoms with Gasteiger partial charge in [0.25, 0.3) is 11.1 Å². The minimum Gasteiger partial charge on any atom is -0.487 e. The van der Waals surface area contributed by atoms with Gasteiger partial charge in [0.1, 0.15) is 26.4 Å². The van der Waals surface area contributed by atoms with E-state index in [4.69, 9.17) is 28.4 Å². The number of ether oxygens (including phenoxy) is 6. The van der Waals surface area contributed by atoms with Crippen LogP contribution in [0.15, 0.2) is 92.2 Å². The summed E-state index contributed by atoms with van der Waals surface area (Å²) in [6.07, 6.45) is 1.65. The van der Waals surface area contributed by atoms with Gasteiger partial charge in [0, 0.05) is 86.8 Å². The van der Waals surface area contributed by atoms with E-state index in [0.29, 0.717) is 37.7 Å². The largest absolute Gasteiger partial charge is 0.487 e. The molecule has 4 aromatic rings. The van der Waals surface area contributed by atoms with Gasteiger partial charge in [0.15, 0.2) is 23.0 Å². The Labute approximate surface area is 348 Å². The lowest BCUT2D eigenvalue weighted by molar-refractivity contribution is 0.0639. The molecule has 0 N–H and O–H groups in total. The zero-order valence-corrected chi connectivity index (χ0v) is 34.7. The molecule has 2 fully saturated rings. The van der Waals surface area contributed by atoms with Crippen molar-refractivity contribution in [2.24, 2.45) is 11.8 Å². The Morgan fingerprint density at radius 1 is 0.450 bits per heavy atom. The molecule has 2 aromatic carbocycles. The van der Waals surface area contributed by atoms with Gasteiger partial charge < -0.3 is 37.6 Å². The van der Waals surface area contributed by atoms with E-state index in [9.17, 15) is 26.4 Å². The zero-order chi connectivity index (χ0) is 41.4. The number of sulfonamides is 2. The van der Waals surface area contributed by atoms with E-state index in [1.807, 2.05) is 12.1 Å². The summed E-state index contributed by atoms with van der Waals surface area (Å²) in [6, 6.07) is 19.5. The third kappa shape index (κ3) is 8.20. The Morgan fingerprint density at radius 2 is 0.850 bits per heavy atom. The fraction of sp³-hybridized carbons (Fsp3) is 0.476. The summed E-state index contributed by atoms with van der Waals surface area (Å²) in [7, 11) is -7.83. The van der Waals surface area contributed by atoms with Crippen LogP contribution in [0, 0.1) is 11.8 Å². The molecule has 5 aliphatic heterocycles. The van der Waals surface area contributed by atoms with E-state index >= 15 is 0 Å². The van der Waals surface area contributed by atoms with Crippen molar-refractivity contribution in [3.63, 3.8) is 0 Å². The number of hydrogen-bond donors (Lipinski definition) is 0. The van der Waals surface area contributed by atoms with Crippen LogP contribution in [0.2, 0.25) is 0 Å². The molecular formula is C42H48N4O12S2. The molecule has 320 valence electrons. The van der Waals surface area contributed by atoms with E-state index in [0.717, 1.165) is 24.2 Å². The summed E-state index contributed by atoms with van der Waals surface area (Å²) in [5.41, 5.74) is 1.60. The summed E-state index contributed by atoms with van der Waals surface area (Å²) < 4.78 is 98.4. The van der Waals surface area contributed by atoms with Gasteiger partial charge in [-0.2, -0.15) is 8.61 Å². The van der Waals surface area contributed by atoms with E-state index in [-0.39, 0.29) is 122 Å². The van der Waals surface area contributed by atoms with E-state index in [1.165, 1.54) is 32.9 Å². The third-order valence-corrected chi connectivity index (χ3v) is 15.6. The summed E-state index contributed by atoms with van der Waals surface area (Å²) in [4.78, 5) is 25.2. The lowest BCUT2D eigenvalue weighted by atomic mass is 9.84. The predicted octanol–water partition coefficient (Wildman–Crippen LogP) is 2.89. The lowest BCUT2D eigenvalue weighted by Crippen LogP contribution is -2.49. The summed E-state index contributed by atoms with van der Waals surface area (Å²) in [6.45, 7) is 3.26. The Balaban J connectivity index is 0.853. The van der Waals surface area contributed by atoms with Gasteiger partial charge >= 0.3 is 0 Å². The lowest BCUT2D eigenvalue weighted by Gasteiger charge is -2.42. The fourth-order valence-corrected chi connectivity index (χ4v) is 12.4. The first kappa shape index (κ1) is 40.7. The first-order valence-electron chi connectivity index (χ1n) is 20.4. The third-order valence-electron chi connectivity index (χ3n) is 11.9. The van der Waals surface area contributed by atoms with Gasteiger partial charge in [0.2, 0.25) is 20.0 Å². The Kier molecular flexibility index (Phi) is 11.5. The molecule has 0 spiro atoms. The molecule has 0 amide bonds. The Morgan fingerprint density at radius 3 is 1.27 bits per heavy atom. The molecule has 60 heavy (non-hydrogen) atoms. The maximum atomic E-state index is 14.1. The van der Waals surface area contributed by atoms with Crippen LogP contribution in [0.3, 0.4) is 0 Å². The number of aromatic nitrogens is 2. The van der Waals surface area contributed by atoms with Crippen LogP contribution in [0.4, 0.5) is 0 Å². The molecule has 18 heteroatoms. The number of benzene rings is 2. The Bertz CT molecular complexity index is 2400. The molecule has 9 rings (SSSR count). The Hall–Kier alpha value is -4.72. The zero-order valence-electron chi connectivity index (χ0n) is 33.1. The van der Waals surface area contributed by atoms with Crippen molar-refractivity contribution in [3.05, 3.63) is 105 Å². The van der Waals surface area contributed by atoms with Crippen molar-refractivity contribution in [1.82, 2.24) is 17.7 Å². The van der Waals surface area contributed by atoms with Gasteiger partial charge in [0.05, 0.1) is 36.2 Å².